The molecule has 0 aliphatic carbocycles. The summed E-state index contributed by atoms with van der Waals surface area (Å²) in [4.78, 5) is 18.6. The number of amides is 1. The average Bonchev–Trinajstić information content (AvgIpc) is 2.99. The van der Waals surface area contributed by atoms with Gasteiger partial charge in [0, 0.05) is 37.0 Å². The second kappa shape index (κ2) is 8.85. The Labute approximate surface area is 148 Å². The maximum Gasteiger partial charge on any atom is 0.225 e. The number of carbonyl (C=O) groups excluding carboxylic acids is 1. The molecule has 0 N–H and O–H groups in total. The number of nitrogens with zero attached hydrogens (tertiary/aromatic N) is 3. The van der Waals surface area contributed by atoms with Crippen molar-refractivity contribution in [3.8, 4) is 0 Å². The molecule has 0 saturated carbocycles. The summed E-state index contributed by atoms with van der Waals surface area (Å²) in [6.45, 7) is 5.94. The molecule has 1 aromatic carbocycles. The van der Waals surface area contributed by atoms with Gasteiger partial charge in [-0.1, -0.05) is 43.6 Å². The molecule has 0 saturated heterocycles. The Morgan fingerprint density at radius 3 is 2.79 bits per heavy atom. The molecule has 0 radical (unpaired) electrons. The minimum atomic E-state index is -0.0613. The van der Waals surface area contributed by atoms with Crippen LogP contribution in [0.2, 0.25) is 5.02 Å². The van der Waals surface area contributed by atoms with Crippen LogP contribution in [0.1, 0.15) is 25.2 Å². The normalized spacial score (nSPS) is 11.0. The van der Waals surface area contributed by atoms with Crippen molar-refractivity contribution in [3.63, 3.8) is 0 Å². The molecule has 1 amide bonds. The minimum absolute atomic E-state index is 0.0613. The van der Waals surface area contributed by atoms with Crippen LogP contribution in [0.3, 0.4) is 0 Å². The van der Waals surface area contributed by atoms with E-state index in [2.05, 4.69) is 4.98 Å². The molecular formula is C18H24ClN3O2. The third-order valence-corrected chi connectivity index (χ3v) is 4.17. The fraction of sp³-hybridized carbons (Fsp3) is 0.444. The summed E-state index contributed by atoms with van der Waals surface area (Å²) in [7, 11) is 1.64. The highest BCUT2D eigenvalue weighted by atomic mass is 35.5. The molecule has 1 aromatic heterocycles. The van der Waals surface area contributed by atoms with Gasteiger partial charge < -0.3 is 14.2 Å². The average molecular weight is 350 g/mol. The van der Waals surface area contributed by atoms with E-state index in [-0.39, 0.29) is 11.8 Å². The third-order valence-electron chi connectivity index (χ3n) is 3.80. The molecule has 0 unspecified atom stereocenters. The van der Waals surface area contributed by atoms with Crippen molar-refractivity contribution < 1.29 is 9.53 Å². The molecule has 0 aliphatic rings. The van der Waals surface area contributed by atoms with Crippen molar-refractivity contribution in [2.45, 2.75) is 26.9 Å². The standard InChI is InChI=1S/C18H24ClN3O2/c1-14(2)18(23)22(10-11-24-3)13-17-20-8-9-21(17)12-15-6-4-5-7-16(15)19/h4-9,14H,10-13H2,1-3H3. The summed E-state index contributed by atoms with van der Waals surface area (Å²) in [6.07, 6.45) is 3.66. The number of benzene rings is 1. The van der Waals surface area contributed by atoms with Crippen molar-refractivity contribution in [1.82, 2.24) is 14.5 Å². The minimum Gasteiger partial charge on any atom is -0.383 e. The van der Waals surface area contributed by atoms with E-state index in [1.807, 2.05) is 48.9 Å². The zero-order valence-corrected chi connectivity index (χ0v) is 15.2. The lowest BCUT2D eigenvalue weighted by Gasteiger charge is -2.24. The Kier molecular flexibility index (Phi) is 6.82. The lowest BCUT2D eigenvalue weighted by molar-refractivity contribution is -0.135. The summed E-state index contributed by atoms with van der Waals surface area (Å²) in [5.41, 5.74) is 1.03. The first-order valence-electron chi connectivity index (χ1n) is 8.04. The third kappa shape index (κ3) is 4.82. The Morgan fingerprint density at radius 2 is 2.12 bits per heavy atom. The number of hydrogen-bond acceptors (Lipinski definition) is 3. The van der Waals surface area contributed by atoms with E-state index in [0.717, 1.165) is 16.4 Å². The van der Waals surface area contributed by atoms with E-state index in [9.17, 15) is 4.79 Å². The second-order valence-electron chi connectivity index (χ2n) is 5.97. The zero-order chi connectivity index (χ0) is 17.5. The van der Waals surface area contributed by atoms with E-state index >= 15 is 0 Å². The first kappa shape index (κ1) is 18.5. The molecule has 0 spiro atoms. The summed E-state index contributed by atoms with van der Waals surface area (Å²) in [5, 5.41) is 0.728. The molecule has 0 bridgehead atoms. The lowest BCUT2D eigenvalue weighted by Crippen LogP contribution is -2.37. The van der Waals surface area contributed by atoms with Crippen LogP contribution in [0.5, 0.6) is 0 Å². The number of aromatic nitrogens is 2. The number of halogens is 1. The Morgan fingerprint density at radius 1 is 1.38 bits per heavy atom. The first-order valence-corrected chi connectivity index (χ1v) is 8.42. The van der Waals surface area contributed by atoms with Gasteiger partial charge in [-0.2, -0.15) is 0 Å². The van der Waals surface area contributed by atoms with Crippen molar-refractivity contribution in [1.29, 1.82) is 0 Å². The molecule has 0 atom stereocenters. The highest BCUT2D eigenvalue weighted by molar-refractivity contribution is 6.31. The van der Waals surface area contributed by atoms with Gasteiger partial charge in [-0.15, -0.1) is 0 Å². The molecule has 5 nitrogen and oxygen atoms in total. The molecule has 6 heteroatoms. The quantitative estimate of drug-likeness (QED) is 0.735. The fourth-order valence-electron chi connectivity index (χ4n) is 2.45. The van der Waals surface area contributed by atoms with Crippen LogP contribution in [0, 0.1) is 5.92 Å². The molecule has 130 valence electrons. The molecular weight excluding hydrogens is 326 g/mol. The predicted octanol–water partition coefficient (Wildman–Crippen LogP) is 3.22. The van der Waals surface area contributed by atoms with Crippen LogP contribution in [0.4, 0.5) is 0 Å². The van der Waals surface area contributed by atoms with Crippen molar-refractivity contribution in [2.24, 2.45) is 5.92 Å². The van der Waals surface area contributed by atoms with Gasteiger partial charge >= 0.3 is 0 Å². The highest BCUT2D eigenvalue weighted by Crippen LogP contribution is 2.17. The Balaban J connectivity index is 2.15. The summed E-state index contributed by atoms with van der Waals surface area (Å²) < 4.78 is 7.15. The lowest BCUT2D eigenvalue weighted by atomic mass is 10.2. The smallest absolute Gasteiger partial charge is 0.225 e. The van der Waals surface area contributed by atoms with Gasteiger partial charge in [0.15, 0.2) is 0 Å². The molecule has 1 heterocycles. The van der Waals surface area contributed by atoms with Gasteiger partial charge in [-0.3, -0.25) is 4.79 Å². The number of ether oxygens (including phenoxy) is 1. The SMILES string of the molecule is COCCN(Cc1nccn1Cc1ccccc1Cl)C(=O)C(C)C. The van der Waals surface area contributed by atoms with Crippen molar-refractivity contribution in [2.75, 3.05) is 20.3 Å². The maximum absolute atomic E-state index is 12.4. The van der Waals surface area contributed by atoms with Gasteiger partial charge in [0.05, 0.1) is 19.7 Å². The van der Waals surface area contributed by atoms with E-state index in [1.54, 1.807) is 18.2 Å². The summed E-state index contributed by atoms with van der Waals surface area (Å²) in [6, 6.07) is 7.74. The number of rotatable bonds is 8. The molecule has 0 aliphatic heterocycles. The van der Waals surface area contributed by atoms with Crippen LogP contribution in [-0.4, -0.2) is 40.6 Å². The van der Waals surface area contributed by atoms with Crippen LogP contribution in [0.25, 0.3) is 0 Å². The van der Waals surface area contributed by atoms with E-state index < -0.39 is 0 Å². The fourth-order valence-corrected chi connectivity index (χ4v) is 2.65. The number of carbonyl (C=O) groups is 1. The van der Waals surface area contributed by atoms with Crippen LogP contribution < -0.4 is 0 Å². The van der Waals surface area contributed by atoms with E-state index in [4.69, 9.17) is 16.3 Å². The van der Waals surface area contributed by atoms with Crippen molar-refractivity contribution >= 4 is 17.5 Å². The summed E-state index contributed by atoms with van der Waals surface area (Å²) in [5.74, 6) is 0.869. The molecule has 2 aromatic rings. The monoisotopic (exact) mass is 349 g/mol. The Hall–Kier alpha value is -1.85. The second-order valence-corrected chi connectivity index (χ2v) is 6.38. The topological polar surface area (TPSA) is 47.4 Å². The molecule has 2 rings (SSSR count). The van der Waals surface area contributed by atoms with Gasteiger partial charge in [-0.25, -0.2) is 4.98 Å². The largest absolute Gasteiger partial charge is 0.383 e. The van der Waals surface area contributed by atoms with E-state index in [1.165, 1.54) is 0 Å². The van der Waals surface area contributed by atoms with Gasteiger partial charge in [0.25, 0.3) is 0 Å². The molecule has 0 fully saturated rings. The van der Waals surface area contributed by atoms with Crippen LogP contribution >= 0.6 is 11.6 Å². The van der Waals surface area contributed by atoms with Crippen LogP contribution in [0.15, 0.2) is 36.7 Å². The van der Waals surface area contributed by atoms with Gasteiger partial charge in [-0.05, 0) is 11.6 Å². The predicted molar refractivity (Wildman–Crippen MR) is 94.9 cm³/mol. The molecule has 24 heavy (non-hydrogen) atoms. The zero-order valence-electron chi connectivity index (χ0n) is 14.4. The number of hydrogen-bond donors (Lipinski definition) is 0. The van der Waals surface area contributed by atoms with E-state index in [0.29, 0.717) is 26.2 Å². The Bertz CT molecular complexity index is 670. The van der Waals surface area contributed by atoms with Crippen LogP contribution in [-0.2, 0) is 22.6 Å². The number of methoxy groups -OCH3 is 1. The van der Waals surface area contributed by atoms with Gasteiger partial charge in [0.2, 0.25) is 5.91 Å². The van der Waals surface area contributed by atoms with Crippen molar-refractivity contribution in [3.05, 3.63) is 53.1 Å². The summed E-state index contributed by atoms with van der Waals surface area (Å²) >= 11 is 6.24. The first-order chi connectivity index (χ1) is 11.5. The maximum atomic E-state index is 12.4. The highest BCUT2D eigenvalue weighted by Gasteiger charge is 2.19. The van der Waals surface area contributed by atoms with Gasteiger partial charge in [0.1, 0.15) is 5.82 Å². The number of imidazole rings is 1.